The van der Waals surface area contributed by atoms with E-state index in [2.05, 4.69) is 50.3 Å². The lowest BCUT2D eigenvalue weighted by molar-refractivity contribution is -0.138. The number of aliphatic hydroxyl groups excluding tert-OH is 2. The molecule has 6 rings (SSSR count). The quantitative estimate of drug-likeness (QED) is 0.0239. The Kier molecular flexibility index (Phi) is 51.1. The van der Waals surface area contributed by atoms with E-state index in [-0.39, 0.29) is 86.2 Å². The Morgan fingerprint density at radius 1 is 0.472 bits per heavy atom. The van der Waals surface area contributed by atoms with Crippen molar-refractivity contribution >= 4 is 47.5 Å². The Morgan fingerprint density at radius 3 is 1.17 bits per heavy atom. The van der Waals surface area contributed by atoms with Crippen molar-refractivity contribution in [3.8, 4) is 0 Å². The molecule has 4 heterocycles. The normalized spacial score (nSPS) is 19.2. The number of aliphatic carboxylic acids is 4. The zero-order valence-electron chi connectivity index (χ0n) is 66.3. The molecule has 4 aliphatic rings. The van der Waals surface area contributed by atoms with Crippen LogP contribution in [0.25, 0.3) is 0 Å². The molecule has 7 N–H and O–H groups in total. The topological polar surface area (TPSA) is 310 Å². The lowest BCUT2D eigenvalue weighted by Gasteiger charge is -2.34. The van der Waals surface area contributed by atoms with Crippen LogP contribution in [0.4, 0.5) is 0 Å². The maximum atomic E-state index is 12.4. The van der Waals surface area contributed by atoms with Gasteiger partial charge in [0.1, 0.15) is 5.60 Å². The molecule has 4 amide bonds. The summed E-state index contributed by atoms with van der Waals surface area (Å²) in [6.45, 7) is 11.9. The summed E-state index contributed by atoms with van der Waals surface area (Å²) in [4.78, 5) is 99.1. The summed E-state index contributed by atoms with van der Waals surface area (Å²) in [5, 5.41) is 65.4. The van der Waals surface area contributed by atoms with E-state index in [1.165, 1.54) is 11.1 Å². The maximum absolute atomic E-state index is 12.4. The summed E-state index contributed by atoms with van der Waals surface area (Å²) in [5.41, 5.74) is 1.42. The van der Waals surface area contributed by atoms with Gasteiger partial charge < -0.3 is 64.8 Å². The second-order valence-corrected chi connectivity index (χ2v) is 30.3. The molecule has 108 heavy (non-hydrogen) atoms. The summed E-state index contributed by atoms with van der Waals surface area (Å²) >= 11 is 0. The zero-order chi connectivity index (χ0) is 79.2. The highest BCUT2D eigenvalue weighted by Crippen LogP contribution is 2.26. The van der Waals surface area contributed by atoms with Crippen LogP contribution in [0.2, 0.25) is 0 Å². The Labute approximate surface area is 646 Å². The fraction of sp³-hybridized carbons (Fsp3) is 0.678. The van der Waals surface area contributed by atoms with Crippen molar-refractivity contribution < 1.29 is 83.6 Å². The highest BCUT2D eigenvalue weighted by Gasteiger charge is 2.30. The molecule has 0 spiro atoms. The average Bonchev–Trinajstić information content (AvgIpc) is 0.863. The number of rotatable bonds is 50. The van der Waals surface area contributed by atoms with Crippen molar-refractivity contribution in [2.45, 2.75) is 326 Å². The maximum Gasteiger partial charge on any atom is 0.303 e. The standard InChI is InChI=1S/2C23H33NO4.C21H37NO4.C20H35NO5/c1-28-21(18-19-10-5-4-6-11-19)16-15-20-12-9-13-22(25)24(20)17-8-3-2-7-14-23(26)27;25-21(16-14-19-9-4-3-5-10-19)17-15-20-11-8-12-22(26)24(20)18-7-2-1-6-13-23(27)28;1-17(2)9-7-11-19(23)15-14-18-10-8-12-20(24)22(18)16-6-4-3-5-13-21(25)26;1-3-15-26-16-20(2,25)13-12-17-9-8-10-18(22)21(17)14-7-5-4-6-11-19(23)24/h4-6,10-11,15-16,20-21H,2-3,7-9,12-14,17-18H2,1H3,(H,26,27);3-5,9-10,15,17,20-21,25H,1-2,6-8,11-14,16,18H2,(H,27,28);14-15,17-19,23H,3-13,16H2,1-2H3,(H,25,26);12-13,17,25H,3-11,14-16H2,1-2H3,(H,23,24)/t2*20-,21?;18-,19?;17-,20?/m1111/s1. The molecule has 0 aromatic heterocycles. The number of carboxylic acid groups (broad SMARTS) is 4. The Bertz CT molecular complexity index is 2940. The second kappa shape index (κ2) is 58.0. The van der Waals surface area contributed by atoms with Gasteiger partial charge in [-0.3, -0.25) is 38.4 Å². The van der Waals surface area contributed by atoms with Gasteiger partial charge in [-0.25, -0.2) is 0 Å². The average molecular weight is 1510 g/mol. The van der Waals surface area contributed by atoms with Crippen LogP contribution in [0.5, 0.6) is 0 Å². The van der Waals surface area contributed by atoms with Crippen LogP contribution in [0.15, 0.2) is 109 Å². The van der Waals surface area contributed by atoms with E-state index in [0.717, 1.165) is 180 Å². The number of piperidine rings is 4. The molecule has 0 saturated carbocycles. The third-order valence-electron chi connectivity index (χ3n) is 20.1. The van der Waals surface area contributed by atoms with E-state index in [4.69, 9.17) is 29.9 Å². The molecule has 608 valence electrons. The van der Waals surface area contributed by atoms with E-state index in [0.29, 0.717) is 83.4 Å². The number of benzene rings is 2. The number of unbranched alkanes of at least 4 members (excludes halogenated alkanes) is 12. The van der Waals surface area contributed by atoms with Crippen molar-refractivity contribution in [2.24, 2.45) is 5.92 Å². The molecule has 2 aromatic rings. The van der Waals surface area contributed by atoms with Gasteiger partial charge in [-0.15, -0.1) is 0 Å². The molecular weight excluding hydrogens is 1370 g/mol. The summed E-state index contributed by atoms with van der Waals surface area (Å²) in [7, 11) is 1.72. The molecule has 4 saturated heterocycles. The highest BCUT2D eigenvalue weighted by molar-refractivity contribution is 5.79. The number of aryl methyl sites for hydroxylation is 1. The first kappa shape index (κ1) is 95.2. The van der Waals surface area contributed by atoms with Crippen molar-refractivity contribution in [3.05, 3.63) is 120 Å². The number of nitrogens with zero attached hydrogens (tertiary/aromatic N) is 4. The van der Waals surface area contributed by atoms with Crippen LogP contribution in [0.1, 0.15) is 276 Å². The second-order valence-electron chi connectivity index (χ2n) is 30.3. The minimum atomic E-state index is -1.03. The molecule has 0 bridgehead atoms. The molecule has 21 heteroatoms. The molecule has 0 aliphatic carbocycles. The lowest BCUT2D eigenvalue weighted by atomic mass is 9.98. The number of hydrogen-bond donors (Lipinski definition) is 7. The monoisotopic (exact) mass is 1510 g/mol. The molecule has 2 aromatic carbocycles. The SMILES string of the molecule is CC(C)CCCC(O)C=C[C@H]1CCCC(=O)N1CCCCCCC(=O)O.CCCOCC(C)(O)C=C[C@H]1CCCC(=O)N1CCCCCCC(=O)O.COC(C=C[C@H]1CCCC(=O)N1CCCCCCC(=O)O)Cc1ccccc1.O=C(O)CCCCCCN1C(=O)CCC[C@@H]1C=CC(O)CCc1ccccc1. The third-order valence-corrected chi connectivity index (χ3v) is 20.1. The van der Waals surface area contributed by atoms with Crippen LogP contribution in [-0.4, -0.2) is 197 Å². The highest BCUT2D eigenvalue weighted by atomic mass is 16.5. The minimum Gasteiger partial charge on any atom is -0.481 e. The van der Waals surface area contributed by atoms with Crippen LogP contribution >= 0.6 is 0 Å². The predicted molar refractivity (Wildman–Crippen MR) is 425 cm³/mol. The molecule has 0 radical (unpaired) electrons. The summed E-state index contributed by atoms with van der Waals surface area (Å²) in [6, 6.07) is 20.7. The Morgan fingerprint density at radius 2 is 0.815 bits per heavy atom. The van der Waals surface area contributed by atoms with Crippen LogP contribution in [0.3, 0.4) is 0 Å². The van der Waals surface area contributed by atoms with E-state index in [1.54, 1.807) is 20.1 Å². The fourth-order valence-electron chi connectivity index (χ4n) is 13.9. The summed E-state index contributed by atoms with van der Waals surface area (Å²) in [6.07, 6.45) is 45.3. The van der Waals surface area contributed by atoms with Gasteiger partial charge in [0.05, 0.1) is 49.1 Å². The molecular formula is C87H138N4O17. The smallest absolute Gasteiger partial charge is 0.303 e. The van der Waals surface area contributed by atoms with E-state index in [1.807, 2.05) is 93.3 Å². The largest absolute Gasteiger partial charge is 0.481 e. The van der Waals surface area contributed by atoms with Gasteiger partial charge >= 0.3 is 23.9 Å². The number of likely N-dealkylation sites (tertiary alicyclic amines) is 4. The molecule has 8 atom stereocenters. The number of carbonyl (C=O) groups is 8. The van der Waals surface area contributed by atoms with Crippen LogP contribution in [0, 0.1) is 5.92 Å². The van der Waals surface area contributed by atoms with Gasteiger partial charge in [0.15, 0.2) is 0 Å². The number of amides is 4. The molecule has 21 nitrogen and oxygen atoms in total. The van der Waals surface area contributed by atoms with Gasteiger partial charge in [-0.2, -0.15) is 0 Å². The first-order chi connectivity index (χ1) is 51.9. The van der Waals surface area contributed by atoms with Crippen LogP contribution < -0.4 is 0 Å². The van der Waals surface area contributed by atoms with Gasteiger partial charge in [0, 0.05) is 97.7 Å². The number of carbonyl (C=O) groups excluding carboxylic acids is 4. The minimum absolute atomic E-state index is 0.00250. The van der Waals surface area contributed by atoms with Crippen molar-refractivity contribution in [1.82, 2.24) is 19.6 Å². The predicted octanol–water partition coefficient (Wildman–Crippen LogP) is 15.5. The van der Waals surface area contributed by atoms with Gasteiger partial charge in [0.25, 0.3) is 0 Å². The molecule has 4 aliphatic heterocycles. The first-order valence-corrected chi connectivity index (χ1v) is 41.0. The van der Waals surface area contributed by atoms with Gasteiger partial charge in [-0.1, -0.05) is 194 Å². The zero-order valence-corrected chi connectivity index (χ0v) is 66.3. The van der Waals surface area contributed by atoms with Crippen molar-refractivity contribution in [1.29, 1.82) is 0 Å². The lowest BCUT2D eigenvalue weighted by Crippen LogP contribution is -2.43. The van der Waals surface area contributed by atoms with E-state index < -0.39 is 41.7 Å². The summed E-state index contributed by atoms with van der Waals surface area (Å²) < 4.78 is 11.0. The molecule has 4 unspecified atom stereocenters. The van der Waals surface area contributed by atoms with Crippen molar-refractivity contribution in [2.75, 3.05) is 46.5 Å². The third kappa shape index (κ3) is 45.2. The van der Waals surface area contributed by atoms with Gasteiger partial charge in [0.2, 0.25) is 23.6 Å². The van der Waals surface area contributed by atoms with E-state index in [9.17, 15) is 53.7 Å². The first-order valence-electron chi connectivity index (χ1n) is 41.0. The fourth-order valence-corrected chi connectivity index (χ4v) is 13.9. The summed E-state index contributed by atoms with van der Waals surface area (Å²) in [5.74, 6) is -1.54. The number of carboxylic acids is 4. The van der Waals surface area contributed by atoms with Crippen molar-refractivity contribution in [3.63, 3.8) is 0 Å². The Hall–Kier alpha value is -7.04. The number of ether oxygens (including phenoxy) is 2. The van der Waals surface area contributed by atoms with Crippen LogP contribution in [-0.2, 0) is 60.7 Å². The number of methoxy groups -OCH3 is 1. The number of aliphatic hydroxyl groups is 3. The van der Waals surface area contributed by atoms with Gasteiger partial charge in [-0.05, 0) is 152 Å². The Balaban J connectivity index is 0.000000374. The molecule has 4 fully saturated rings. The van der Waals surface area contributed by atoms with E-state index >= 15 is 0 Å². The number of hydrogen-bond acceptors (Lipinski definition) is 13.